The summed E-state index contributed by atoms with van der Waals surface area (Å²) < 4.78 is 10.9. The van der Waals surface area contributed by atoms with Crippen LogP contribution in [0.15, 0.2) is 27.9 Å². The Morgan fingerprint density at radius 2 is 2.15 bits per heavy atom. The van der Waals surface area contributed by atoms with Gasteiger partial charge in [-0.1, -0.05) is 19.1 Å². The number of rotatable bonds is 10. The Hall–Kier alpha value is -4.40. The van der Waals surface area contributed by atoms with E-state index in [1.807, 2.05) is 18.7 Å². The zero-order valence-electron chi connectivity index (χ0n) is 18.1. The summed E-state index contributed by atoms with van der Waals surface area (Å²) in [6.07, 6.45) is 1.26. The van der Waals surface area contributed by atoms with E-state index < -0.39 is 10.8 Å². The molecule has 15 heteroatoms. The van der Waals surface area contributed by atoms with E-state index in [1.54, 1.807) is 6.07 Å². The maximum absolute atomic E-state index is 12.8. The lowest BCUT2D eigenvalue weighted by Gasteiger charge is -2.18. The summed E-state index contributed by atoms with van der Waals surface area (Å²) in [5.74, 6) is -0.428. The Bertz CT molecular complexity index is 1170. The molecule has 3 aromatic rings. The number of ether oxygens (including phenoxy) is 1. The summed E-state index contributed by atoms with van der Waals surface area (Å²) in [4.78, 5) is 25.4. The van der Waals surface area contributed by atoms with Crippen LogP contribution >= 0.6 is 0 Å². The minimum absolute atomic E-state index is 0.00200. The fraction of sp³-hybridized carbons (Fsp3) is 0.333. The molecule has 0 aliphatic heterocycles. The van der Waals surface area contributed by atoms with Gasteiger partial charge in [0, 0.05) is 18.2 Å². The Morgan fingerprint density at radius 3 is 2.76 bits per heavy atom. The van der Waals surface area contributed by atoms with Crippen LogP contribution < -0.4 is 15.9 Å². The number of amides is 1. The summed E-state index contributed by atoms with van der Waals surface area (Å²) in [6.45, 7) is 5.69. The van der Waals surface area contributed by atoms with Gasteiger partial charge in [-0.2, -0.15) is 9.78 Å². The van der Waals surface area contributed by atoms with Crippen LogP contribution in [0.3, 0.4) is 0 Å². The molecule has 0 aliphatic carbocycles. The number of nitro benzene ring substituents is 1. The number of anilines is 1. The van der Waals surface area contributed by atoms with Crippen LogP contribution in [0.4, 0.5) is 11.5 Å². The van der Waals surface area contributed by atoms with E-state index in [0.29, 0.717) is 30.9 Å². The van der Waals surface area contributed by atoms with Gasteiger partial charge in [-0.3, -0.25) is 19.8 Å². The standard InChI is InChI=1S/C18H22N10O5/c1-4-26(5-2)10-13-15(21-25-27(13)17-16(19)23-33-24-17)18(29)22-20-9-11-6-7-14(32-3)12(8-11)28(30)31/h6-9H,4-5,10H2,1-3H3,(H2,19,23)(H,22,29)/b20-9+. The van der Waals surface area contributed by atoms with Crippen molar-refractivity contribution in [2.75, 3.05) is 25.9 Å². The molecule has 1 amide bonds. The van der Waals surface area contributed by atoms with Crippen LogP contribution in [-0.2, 0) is 6.54 Å². The normalized spacial score (nSPS) is 11.3. The van der Waals surface area contributed by atoms with Crippen LogP contribution in [-0.4, -0.2) is 67.5 Å². The number of methoxy groups -OCH3 is 1. The summed E-state index contributed by atoms with van der Waals surface area (Å²) >= 11 is 0. The minimum atomic E-state index is -0.641. The highest BCUT2D eigenvalue weighted by atomic mass is 16.6. The first kappa shape index (κ1) is 23.3. The van der Waals surface area contributed by atoms with E-state index in [0.717, 1.165) is 0 Å². The molecule has 0 bridgehead atoms. The summed E-state index contributed by atoms with van der Waals surface area (Å²) in [5.41, 5.74) is 8.70. The first-order valence-corrected chi connectivity index (χ1v) is 9.80. The topological polar surface area (TPSA) is 193 Å². The molecule has 0 atom stereocenters. The molecule has 15 nitrogen and oxygen atoms in total. The number of nitrogens with one attached hydrogen (secondary N) is 1. The third kappa shape index (κ3) is 5.09. The Labute approximate surface area is 187 Å². The van der Waals surface area contributed by atoms with Crippen LogP contribution in [0.25, 0.3) is 5.82 Å². The average molecular weight is 458 g/mol. The van der Waals surface area contributed by atoms with E-state index in [9.17, 15) is 14.9 Å². The first-order valence-electron chi connectivity index (χ1n) is 9.80. The summed E-state index contributed by atoms with van der Waals surface area (Å²) in [6, 6.07) is 4.27. The van der Waals surface area contributed by atoms with Crippen LogP contribution in [0.2, 0.25) is 0 Å². The average Bonchev–Trinajstić information content (AvgIpc) is 3.42. The van der Waals surface area contributed by atoms with Crippen molar-refractivity contribution in [1.29, 1.82) is 0 Å². The van der Waals surface area contributed by atoms with E-state index in [-0.39, 0.29) is 28.8 Å². The largest absolute Gasteiger partial charge is 0.490 e. The molecule has 2 aromatic heterocycles. The molecule has 0 saturated carbocycles. The van der Waals surface area contributed by atoms with Gasteiger partial charge >= 0.3 is 5.69 Å². The van der Waals surface area contributed by atoms with Crippen molar-refractivity contribution in [1.82, 2.24) is 35.6 Å². The van der Waals surface area contributed by atoms with Gasteiger partial charge in [0.05, 0.1) is 23.9 Å². The molecule has 0 unspecified atom stereocenters. The number of nitrogens with two attached hydrogens (primary N) is 1. The number of hydrogen-bond acceptors (Lipinski definition) is 12. The smallest absolute Gasteiger partial charge is 0.311 e. The molecule has 0 fully saturated rings. The number of nitro groups is 1. The van der Waals surface area contributed by atoms with Crippen LogP contribution in [0.5, 0.6) is 5.75 Å². The number of aromatic nitrogens is 5. The zero-order chi connectivity index (χ0) is 24.0. The van der Waals surface area contributed by atoms with E-state index in [1.165, 1.54) is 30.1 Å². The van der Waals surface area contributed by atoms with Gasteiger partial charge in [0.15, 0.2) is 11.4 Å². The van der Waals surface area contributed by atoms with Crippen molar-refractivity contribution in [2.24, 2.45) is 5.10 Å². The highest BCUT2D eigenvalue weighted by Gasteiger charge is 2.25. The third-order valence-corrected chi connectivity index (χ3v) is 4.72. The third-order valence-electron chi connectivity index (χ3n) is 4.72. The Morgan fingerprint density at radius 1 is 1.39 bits per heavy atom. The second kappa shape index (κ2) is 10.3. The molecule has 3 N–H and O–H groups in total. The molecule has 33 heavy (non-hydrogen) atoms. The highest BCUT2D eigenvalue weighted by molar-refractivity contribution is 5.94. The van der Waals surface area contributed by atoms with E-state index in [4.69, 9.17) is 10.5 Å². The fourth-order valence-corrected chi connectivity index (χ4v) is 2.94. The van der Waals surface area contributed by atoms with Crippen LogP contribution in [0.1, 0.15) is 35.6 Å². The lowest BCUT2D eigenvalue weighted by atomic mass is 10.2. The van der Waals surface area contributed by atoms with Gasteiger partial charge in [-0.15, -0.1) is 5.10 Å². The van der Waals surface area contributed by atoms with Crippen LogP contribution in [0, 0.1) is 10.1 Å². The van der Waals surface area contributed by atoms with Crippen molar-refractivity contribution in [3.8, 4) is 11.6 Å². The van der Waals surface area contributed by atoms with Crippen molar-refractivity contribution in [3.63, 3.8) is 0 Å². The quantitative estimate of drug-likeness (QED) is 0.247. The molecule has 174 valence electrons. The maximum atomic E-state index is 12.8. The predicted octanol–water partition coefficient (Wildman–Crippen LogP) is 0.755. The van der Waals surface area contributed by atoms with Crippen molar-refractivity contribution in [2.45, 2.75) is 20.4 Å². The number of carbonyl (C=O) groups is 1. The molecule has 0 saturated heterocycles. The second-order valence-electron chi connectivity index (χ2n) is 6.62. The molecule has 0 spiro atoms. The number of benzene rings is 1. The van der Waals surface area contributed by atoms with Crippen molar-refractivity contribution < 1.29 is 19.1 Å². The molecule has 3 rings (SSSR count). The van der Waals surface area contributed by atoms with Gasteiger partial charge in [-0.05, 0) is 35.5 Å². The first-order chi connectivity index (χ1) is 15.9. The number of hydrogen-bond donors (Lipinski definition) is 2. The molecular formula is C18H22N10O5. The maximum Gasteiger partial charge on any atom is 0.311 e. The number of nitrogens with zero attached hydrogens (tertiary/aromatic N) is 8. The Balaban J connectivity index is 1.85. The van der Waals surface area contributed by atoms with Gasteiger partial charge in [0.2, 0.25) is 11.6 Å². The number of nitrogen functional groups attached to an aromatic ring is 1. The van der Waals surface area contributed by atoms with Gasteiger partial charge in [0.25, 0.3) is 5.91 Å². The minimum Gasteiger partial charge on any atom is -0.490 e. The lowest BCUT2D eigenvalue weighted by Crippen LogP contribution is -2.27. The molecular weight excluding hydrogens is 436 g/mol. The van der Waals surface area contributed by atoms with E-state index >= 15 is 0 Å². The van der Waals surface area contributed by atoms with Gasteiger partial charge < -0.3 is 10.5 Å². The Kier molecular flexibility index (Phi) is 7.24. The molecule has 0 radical (unpaired) electrons. The highest BCUT2D eigenvalue weighted by Crippen LogP contribution is 2.26. The van der Waals surface area contributed by atoms with Crippen molar-refractivity contribution in [3.05, 3.63) is 45.3 Å². The summed E-state index contributed by atoms with van der Waals surface area (Å²) in [5, 5.41) is 30.2. The summed E-state index contributed by atoms with van der Waals surface area (Å²) in [7, 11) is 1.34. The van der Waals surface area contributed by atoms with Crippen molar-refractivity contribution >= 4 is 23.6 Å². The predicted molar refractivity (Wildman–Crippen MR) is 115 cm³/mol. The SMILES string of the molecule is CCN(CC)Cc1c(C(=O)N/N=C/c2ccc(OC)c([N+](=O)[O-])c2)nnn1-c1nonc1N. The number of carbonyl (C=O) groups excluding carboxylic acids is 1. The molecule has 0 aliphatic rings. The monoisotopic (exact) mass is 458 g/mol. The lowest BCUT2D eigenvalue weighted by molar-refractivity contribution is -0.385. The molecule has 2 heterocycles. The van der Waals surface area contributed by atoms with Gasteiger partial charge in [0.1, 0.15) is 0 Å². The zero-order valence-corrected chi connectivity index (χ0v) is 18.1. The molecule has 1 aromatic carbocycles. The number of hydrazone groups is 1. The van der Waals surface area contributed by atoms with E-state index in [2.05, 4.69) is 35.8 Å². The second-order valence-corrected chi connectivity index (χ2v) is 6.62. The van der Waals surface area contributed by atoms with Gasteiger partial charge in [-0.25, -0.2) is 10.1 Å². The fourth-order valence-electron chi connectivity index (χ4n) is 2.94.